The van der Waals surface area contributed by atoms with Crippen LogP contribution in [0, 0.1) is 0 Å². The molecular formula is C23H30N2O. The summed E-state index contributed by atoms with van der Waals surface area (Å²) in [7, 11) is 0. The van der Waals surface area contributed by atoms with Crippen LogP contribution >= 0.6 is 0 Å². The van der Waals surface area contributed by atoms with Crippen LogP contribution in [0.1, 0.15) is 42.9 Å². The van der Waals surface area contributed by atoms with E-state index in [1.807, 2.05) is 0 Å². The first kappa shape index (κ1) is 17.6. The van der Waals surface area contributed by atoms with E-state index in [9.17, 15) is 0 Å². The van der Waals surface area contributed by atoms with Crippen LogP contribution < -0.4 is 4.90 Å². The van der Waals surface area contributed by atoms with Gasteiger partial charge in [-0.1, -0.05) is 36.4 Å². The lowest BCUT2D eigenvalue weighted by Gasteiger charge is -2.30. The van der Waals surface area contributed by atoms with Gasteiger partial charge < -0.3 is 9.64 Å². The van der Waals surface area contributed by atoms with E-state index < -0.39 is 0 Å². The van der Waals surface area contributed by atoms with Crippen molar-refractivity contribution in [1.29, 1.82) is 0 Å². The molecule has 2 heterocycles. The Balaban J connectivity index is 1.71. The lowest BCUT2D eigenvalue weighted by Crippen LogP contribution is -2.36. The second-order valence-electron chi connectivity index (χ2n) is 7.80. The summed E-state index contributed by atoms with van der Waals surface area (Å²) in [5.74, 6) is 0.494. The van der Waals surface area contributed by atoms with Crippen molar-refractivity contribution in [2.24, 2.45) is 0 Å². The van der Waals surface area contributed by atoms with Gasteiger partial charge in [0.15, 0.2) is 0 Å². The summed E-state index contributed by atoms with van der Waals surface area (Å²) in [4.78, 5) is 5.08. The van der Waals surface area contributed by atoms with Crippen molar-refractivity contribution in [3.05, 3.63) is 65.2 Å². The van der Waals surface area contributed by atoms with E-state index in [-0.39, 0.29) is 0 Å². The minimum absolute atomic E-state index is 0.494. The highest BCUT2D eigenvalue weighted by Gasteiger charge is 2.25. The monoisotopic (exact) mass is 350 g/mol. The molecule has 3 heteroatoms. The molecule has 26 heavy (non-hydrogen) atoms. The molecule has 1 atom stereocenters. The second kappa shape index (κ2) is 7.81. The van der Waals surface area contributed by atoms with E-state index in [1.165, 1.54) is 28.8 Å². The van der Waals surface area contributed by atoms with Gasteiger partial charge in [-0.25, -0.2) is 0 Å². The molecule has 2 aromatic carbocycles. The normalized spacial score (nSPS) is 21.5. The van der Waals surface area contributed by atoms with Crippen molar-refractivity contribution in [3.63, 3.8) is 0 Å². The standard InChI is InChI=1S/C23H30N2O/c1-18(2)25-11-10-23(19-6-4-3-5-7-19)22-9-8-21(16-20(22)17-25)24-12-14-26-15-13-24/h3-9,16,18,23H,10-15,17H2,1-2H3. The second-order valence-corrected chi connectivity index (χ2v) is 7.80. The molecule has 0 aliphatic carbocycles. The Morgan fingerprint density at radius 2 is 1.73 bits per heavy atom. The van der Waals surface area contributed by atoms with E-state index in [4.69, 9.17) is 4.74 Å². The van der Waals surface area contributed by atoms with Crippen molar-refractivity contribution >= 4 is 5.69 Å². The first-order chi connectivity index (χ1) is 12.7. The molecule has 138 valence electrons. The molecule has 0 spiro atoms. The van der Waals surface area contributed by atoms with Crippen LogP contribution in [0.15, 0.2) is 48.5 Å². The summed E-state index contributed by atoms with van der Waals surface area (Å²) in [6.07, 6.45) is 1.19. The molecule has 1 fully saturated rings. The molecule has 4 rings (SSSR count). The zero-order valence-electron chi connectivity index (χ0n) is 16.0. The molecular weight excluding hydrogens is 320 g/mol. The molecule has 2 aromatic rings. The maximum Gasteiger partial charge on any atom is 0.0642 e. The fraction of sp³-hybridized carbons (Fsp3) is 0.478. The number of hydrogen-bond acceptors (Lipinski definition) is 3. The third kappa shape index (κ3) is 3.65. The first-order valence-corrected chi connectivity index (χ1v) is 9.97. The smallest absolute Gasteiger partial charge is 0.0642 e. The van der Waals surface area contributed by atoms with E-state index >= 15 is 0 Å². The highest BCUT2D eigenvalue weighted by Crippen LogP contribution is 2.36. The van der Waals surface area contributed by atoms with Crippen molar-refractivity contribution in [2.45, 2.75) is 38.8 Å². The molecule has 2 aliphatic rings. The Kier molecular flexibility index (Phi) is 5.28. The zero-order chi connectivity index (χ0) is 17.9. The van der Waals surface area contributed by atoms with Crippen LogP contribution in [0.25, 0.3) is 0 Å². The number of nitrogens with zero attached hydrogens (tertiary/aromatic N) is 2. The van der Waals surface area contributed by atoms with Crippen molar-refractivity contribution in [3.8, 4) is 0 Å². The number of benzene rings is 2. The van der Waals surface area contributed by atoms with Crippen LogP contribution in [0.5, 0.6) is 0 Å². The molecule has 0 N–H and O–H groups in total. The molecule has 0 radical (unpaired) electrons. The summed E-state index contributed by atoms with van der Waals surface area (Å²) in [6.45, 7) is 10.5. The zero-order valence-corrected chi connectivity index (χ0v) is 16.0. The molecule has 0 saturated carbocycles. The predicted molar refractivity (Wildman–Crippen MR) is 108 cm³/mol. The third-order valence-electron chi connectivity index (χ3n) is 5.89. The molecule has 3 nitrogen and oxygen atoms in total. The minimum Gasteiger partial charge on any atom is -0.378 e. The molecule has 2 aliphatic heterocycles. The van der Waals surface area contributed by atoms with Crippen LogP contribution in [0.2, 0.25) is 0 Å². The molecule has 1 unspecified atom stereocenters. The average molecular weight is 351 g/mol. The van der Waals surface area contributed by atoms with Gasteiger partial charge in [-0.05, 0) is 55.6 Å². The number of hydrogen-bond donors (Lipinski definition) is 0. The van der Waals surface area contributed by atoms with Crippen molar-refractivity contribution in [2.75, 3.05) is 37.7 Å². The van der Waals surface area contributed by atoms with Gasteiger partial charge in [0, 0.05) is 37.3 Å². The Labute approximate surface area is 157 Å². The van der Waals surface area contributed by atoms with E-state index in [0.29, 0.717) is 12.0 Å². The molecule has 0 bridgehead atoms. The summed E-state index contributed by atoms with van der Waals surface area (Å²) in [6, 6.07) is 18.8. The van der Waals surface area contributed by atoms with Gasteiger partial charge in [-0.2, -0.15) is 0 Å². The number of fused-ring (bicyclic) bond motifs is 1. The van der Waals surface area contributed by atoms with Crippen LogP contribution in [-0.2, 0) is 11.3 Å². The molecule has 0 amide bonds. The minimum atomic E-state index is 0.494. The predicted octanol–water partition coefficient (Wildman–Crippen LogP) is 4.27. The van der Waals surface area contributed by atoms with Crippen LogP contribution in [0.3, 0.4) is 0 Å². The highest BCUT2D eigenvalue weighted by molar-refractivity contribution is 5.53. The Hall–Kier alpha value is -1.84. The highest BCUT2D eigenvalue weighted by atomic mass is 16.5. The van der Waals surface area contributed by atoms with Crippen LogP contribution in [0.4, 0.5) is 5.69 Å². The van der Waals surface area contributed by atoms with Gasteiger partial charge in [0.25, 0.3) is 0 Å². The third-order valence-corrected chi connectivity index (χ3v) is 5.89. The Bertz CT molecular complexity index is 722. The summed E-state index contributed by atoms with van der Waals surface area (Å²) >= 11 is 0. The number of ether oxygens (including phenoxy) is 1. The fourth-order valence-corrected chi connectivity index (χ4v) is 4.31. The van der Waals surface area contributed by atoms with Gasteiger partial charge in [0.2, 0.25) is 0 Å². The Morgan fingerprint density at radius 3 is 2.46 bits per heavy atom. The quantitative estimate of drug-likeness (QED) is 0.822. The number of anilines is 1. The average Bonchev–Trinajstić information content (AvgIpc) is 2.88. The summed E-state index contributed by atoms with van der Waals surface area (Å²) in [5, 5.41) is 0. The van der Waals surface area contributed by atoms with Gasteiger partial charge in [0.1, 0.15) is 0 Å². The van der Waals surface area contributed by atoms with E-state index in [0.717, 1.165) is 39.4 Å². The molecule has 0 aromatic heterocycles. The topological polar surface area (TPSA) is 15.7 Å². The van der Waals surface area contributed by atoms with E-state index in [2.05, 4.69) is 72.2 Å². The van der Waals surface area contributed by atoms with Gasteiger partial charge >= 0.3 is 0 Å². The van der Waals surface area contributed by atoms with Gasteiger partial charge in [-0.15, -0.1) is 0 Å². The van der Waals surface area contributed by atoms with Crippen molar-refractivity contribution in [1.82, 2.24) is 4.90 Å². The maximum absolute atomic E-state index is 5.53. The van der Waals surface area contributed by atoms with Crippen molar-refractivity contribution < 1.29 is 4.74 Å². The van der Waals surface area contributed by atoms with Crippen LogP contribution in [-0.4, -0.2) is 43.8 Å². The largest absolute Gasteiger partial charge is 0.378 e. The number of morpholine rings is 1. The van der Waals surface area contributed by atoms with Gasteiger partial charge in [0.05, 0.1) is 13.2 Å². The fourth-order valence-electron chi connectivity index (χ4n) is 4.31. The summed E-state index contributed by atoms with van der Waals surface area (Å²) in [5.41, 5.74) is 5.80. The SMILES string of the molecule is CC(C)N1CCC(c2ccccc2)c2ccc(N3CCOCC3)cc2C1. The lowest BCUT2D eigenvalue weighted by atomic mass is 9.86. The number of rotatable bonds is 3. The maximum atomic E-state index is 5.53. The molecule has 1 saturated heterocycles. The lowest BCUT2D eigenvalue weighted by molar-refractivity contribution is 0.122. The van der Waals surface area contributed by atoms with Gasteiger partial charge in [-0.3, -0.25) is 4.90 Å². The Morgan fingerprint density at radius 1 is 0.962 bits per heavy atom. The summed E-state index contributed by atoms with van der Waals surface area (Å²) < 4.78 is 5.53. The van der Waals surface area contributed by atoms with E-state index in [1.54, 1.807) is 0 Å². The first-order valence-electron chi connectivity index (χ1n) is 9.97.